The molecule has 4 rings (SSSR count). The van der Waals surface area contributed by atoms with E-state index < -0.39 is 0 Å². The Bertz CT molecular complexity index is 1140. The van der Waals surface area contributed by atoms with E-state index >= 15 is 0 Å². The van der Waals surface area contributed by atoms with E-state index in [0.717, 1.165) is 22.6 Å². The molecule has 0 radical (unpaired) electrons. The Labute approximate surface area is 167 Å². The second kappa shape index (κ2) is 7.23. The quantitative estimate of drug-likeness (QED) is 0.721. The van der Waals surface area contributed by atoms with Gasteiger partial charge in [-0.25, -0.2) is 9.48 Å². The number of methoxy groups -OCH3 is 1. The molecule has 29 heavy (non-hydrogen) atoms. The predicted octanol–water partition coefficient (Wildman–Crippen LogP) is 1.50. The molecule has 0 saturated carbocycles. The molecule has 0 fully saturated rings. The summed E-state index contributed by atoms with van der Waals surface area (Å²) in [7, 11) is 5.04. The van der Waals surface area contributed by atoms with Gasteiger partial charge in [0.15, 0.2) is 0 Å². The number of hydrogen-bond acceptors (Lipinski definition) is 5. The van der Waals surface area contributed by atoms with E-state index in [-0.39, 0.29) is 17.5 Å². The van der Waals surface area contributed by atoms with Gasteiger partial charge >= 0.3 is 5.69 Å². The minimum atomic E-state index is -0.315. The second-order valence-corrected chi connectivity index (χ2v) is 7.29. The summed E-state index contributed by atoms with van der Waals surface area (Å²) in [5, 5.41) is 11.8. The van der Waals surface area contributed by atoms with Crippen LogP contribution < -0.4 is 15.7 Å². The molecular weight excluding hydrogens is 372 g/mol. The molecule has 0 saturated heterocycles. The van der Waals surface area contributed by atoms with E-state index in [1.807, 2.05) is 31.2 Å². The lowest BCUT2D eigenvalue weighted by Gasteiger charge is -2.22. The Morgan fingerprint density at radius 2 is 1.97 bits per heavy atom. The van der Waals surface area contributed by atoms with Crippen LogP contribution in [0.25, 0.3) is 11.1 Å². The maximum absolute atomic E-state index is 13.1. The number of rotatable bonds is 4. The Morgan fingerprint density at radius 3 is 2.72 bits per heavy atom. The number of hydrogen-bond donors (Lipinski definition) is 1. The minimum Gasteiger partial charge on any atom is -0.496 e. The molecule has 1 aliphatic heterocycles. The molecular formula is C20H24N6O3. The average Bonchev–Trinajstić information content (AvgIpc) is 3.16. The smallest absolute Gasteiger partial charge is 0.345 e. The number of nitrogens with one attached hydrogen (secondary N) is 1. The fraction of sp³-hybridized carbons (Fsp3) is 0.400. The standard InChI is InChI=1S/C20H24N6O3/c1-12-17(14-7-5-6-8-15(14)29-4)18(24(2)22-12)21-19(27)13-9-10-16-23-25(3)20(28)26(16)11-13/h5-8,13H,9-11H2,1-4H3,(H,21,27). The van der Waals surface area contributed by atoms with Crippen molar-refractivity contribution in [3.63, 3.8) is 0 Å². The Kier molecular flexibility index (Phi) is 4.73. The summed E-state index contributed by atoms with van der Waals surface area (Å²) in [6.07, 6.45) is 1.24. The van der Waals surface area contributed by atoms with Crippen LogP contribution in [0.1, 0.15) is 17.9 Å². The number of fused-ring (bicyclic) bond motifs is 1. The minimum absolute atomic E-state index is 0.134. The molecule has 3 aromatic rings. The van der Waals surface area contributed by atoms with Crippen molar-refractivity contribution >= 4 is 11.7 Å². The highest BCUT2D eigenvalue weighted by Crippen LogP contribution is 2.37. The molecule has 152 valence electrons. The van der Waals surface area contributed by atoms with Crippen LogP contribution in [0.2, 0.25) is 0 Å². The summed E-state index contributed by atoms with van der Waals surface area (Å²) in [4.78, 5) is 25.3. The lowest BCUT2D eigenvalue weighted by molar-refractivity contribution is -0.120. The van der Waals surface area contributed by atoms with Gasteiger partial charge in [-0.2, -0.15) is 10.2 Å². The maximum Gasteiger partial charge on any atom is 0.345 e. The van der Waals surface area contributed by atoms with E-state index in [9.17, 15) is 9.59 Å². The highest BCUT2D eigenvalue weighted by molar-refractivity contribution is 5.97. The number of para-hydroxylation sites is 1. The molecule has 0 aliphatic carbocycles. The van der Waals surface area contributed by atoms with Gasteiger partial charge in [0, 0.05) is 32.6 Å². The first-order chi connectivity index (χ1) is 13.9. The molecule has 1 aliphatic rings. The molecule has 1 amide bonds. The van der Waals surface area contributed by atoms with Crippen LogP contribution >= 0.6 is 0 Å². The number of ether oxygens (including phenoxy) is 1. The van der Waals surface area contributed by atoms with Gasteiger partial charge in [-0.3, -0.25) is 14.0 Å². The van der Waals surface area contributed by atoms with Crippen LogP contribution in [0.3, 0.4) is 0 Å². The van der Waals surface area contributed by atoms with E-state index in [1.165, 1.54) is 4.68 Å². The number of nitrogens with zero attached hydrogens (tertiary/aromatic N) is 5. The highest BCUT2D eigenvalue weighted by Gasteiger charge is 2.29. The fourth-order valence-electron chi connectivity index (χ4n) is 3.95. The van der Waals surface area contributed by atoms with Gasteiger partial charge in [0.1, 0.15) is 17.4 Å². The summed E-state index contributed by atoms with van der Waals surface area (Å²) in [5.41, 5.74) is 2.30. The number of aryl methyl sites for hydroxylation is 4. The lowest BCUT2D eigenvalue weighted by atomic mass is 9.98. The van der Waals surface area contributed by atoms with E-state index in [0.29, 0.717) is 31.0 Å². The first-order valence-electron chi connectivity index (χ1n) is 9.51. The van der Waals surface area contributed by atoms with Crippen LogP contribution in [0.4, 0.5) is 5.82 Å². The Morgan fingerprint density at radius 1 is 1.21 bits per heavy atom. The molecule has 1 N–H and O–H groups in total. The van der Waals surface area contributed by atoms with Gasteiger partial charge < -0.3 is 10.1 Å². The molecule has 0 bridgehead atoms. The zero-order valence-electron chi connectivity index (χ0n) is 17.0. The molecule has 1 atom stereocenters. The summed E-state index contributed by atoms with van der Waals surface area (Å²) in [6, 6.07) is 7.65. The van der Waals surface area contributed by atoms with Crippen molar-refractivity contribution in [1.29, 1.82) is 0 Å². The fourth-order valence-corrected chi connectivity index (χ4v) is 3.95. The third-order valence-corrected chi connectivity index (χ3v) is 5.42. The number of amides is 1. The highest BCUT2D eigenvalue weighted by atomic mass is 16.5. The van der Waals surface area contributed by atoms with E-state index in [2.05, 4.69) is 15.5 Å². The Hall–Kier alpha value is -3.36. The summed E-state index contributed by atoms with van der Waals surface area (Å²) >= 11 is 0. The number of carbonyl (C=O) groups is 1. The zero-order valence-corrected chi connectivity index (χ0v) is 17.0. The van der Waals surface area contributed by atoms with Crippen LogP contribution in [0.15, 0.2) is 29.1 Å². The lowest BCUT2D eigenvalue weighted by Crippen LogP contribution is -2.36. The first kappa shape index (κ1) is 19.0. The third kappa shape index (κ3) is 3.22. The van der Waals surface area contributed by atoms with E-state index in [4.69, 9.17) is 4.74 Å². The van der Waals surface area contributed by atoms with E-state index in [1.54, 1.807) is 30.5 Å². The SMILES string of the molecule is COc1ccccc1-c1c(C)nn(C)c1NC(=O)C1CCc2nn(C)c(=O)n2C1. The van der Waals surface area contributed by atoms with Crippen molar-refractivity contribution < 1.29 is 9.53 Å². The van der Waals surface area contributed by atoms with Crippen molar-refractivity contribution in [2.75, 3.05) is 12.4 Å². The summed E-state index contributed by atoms with van der Waals surface area (Å²) in [5.74, 6) is 1.60. The monoisotopic (exact) mass is 396 g/mol. The summed E-state index contributed by atoms with van der Waals surface area (Å²) in [6.45, 7) is 2.23. The molecule has 9 heteroatoms. The van der Waals surface area contributed by atoms with Gasteiger partial charge in [-0.15, -0.1) is 0 Å². The molecule has 0 spiro atoms. The van der Waals surface area contributed by atoms with Gasteiger partial charge in [0.25, 0.3) is 0 Å². The predicted molar refractivity (Wildman–Crippen MR) is 108 cm³/mol. The van der Waals surface area contributed by atoms with Crippen LogP contribution in [-0.2, 0) is 31.9 Å². The third-order valence-electron chi connectivity index (χ3n) is 5.42. The van der Waals surface area contributed by atoms with Crippen molar-refractivity contribution in [2.24, 2.45) is 20.0 Å². The largest absolute Gasteiger partial charge is 0.496 e. The molecule has 1 unspecified atom stereocenters. The van der Waals surface area contributed by atoms with Crippen molar-refractivity contribution in [1.82, 2.24) is 24.1 Å². The van der Waals surface area contributed by atoms with Gasteiger partial charge in [-0.05, 0) is 19.4 Å². The molecule has 9 nitrogen and oxygen atoms in total. The van der Waals surface area contributed by atoms with Crippen molar-refractivity contribution in [3.8, 4) is 16.9 Å². The zero-order chi connectivity index (χ0) is 20.7. The van der Waals surface area contributed by atoms with Crippen LogP contribution in [-0.4, -0.2) is 37.1 Å². The second-order valence-electron chi connectivity index (χ2n) is 7.29. The number of aromatic nitrogens is 5. The normalized spacial score (nSPS) is 15.8. The van der Waals surface area contributed by atoms with Crippen LogP contribution in [0, 0.1) is 12.8 Å². The maximum atomic E-state index is 13.1. The molecule has 2 aromatic heterocycles. The summed E-state index contributed by atoms with van der Waals surface area (Å²) < 4.78 is 10.1. The Balaban J connectivity index is 1.64. The molecule has 3 heterocycles. The molecule has 1 aromatic carbocycles. The number of carbonyl (C=O) groups excluding carboxylic acids is 1. The van der Waals surface area contributed by atoms with Gasteiger partial charge in [0.2, 0.25) is 5.91 Å². The average molecular weight is 396 g/mol. The topological polar surface area (TPSA) is 96.0 Å². The number of anilines is 1. The first-order valence-corrected chi connectivity index (χ1v) is 9.51. The van der Waals surface area contributed by atoms with Gasteiger partial charge in [-0.1, -0.05) is 18.2 Å². The number of benzene rings is 1. The van der Waals surface area contributed by atoms with Crippen molar-refractivity contribution in [2.45, 2.75) is 26.3 Å². The van der Waals surface area contributed by atoms with Gasteiger partial charge in [0.05, 0.1) is 24.3 Å². The van der Waals surface area contributed by atoms with Crippen molar-refractivity contribution in [3.05, 3.63) is 46.3 Å². The van der Waals surface area contributed by atoms with Crippen LogP contribution in [0.5, 0.6) is 5.75 Å².